The number of amides is 2. The molecule has 0 radical (unpaired) electrons. The predicted octanol–water partition coefficient (Wildman–Crippen LogP) is 5.28. The summed E-state index contributed by atoms with van der Waals surface area (Å²) >= 11 is 0. The summed E-state index contributed by atoms with van der Waals surface area (Å²) in [5.41, 5.74) is 3.03. The van der Waals surface area contributed by atoms with Gasteiger partial charge in [-0.15, -0.1) is 0 Å². The quantitative estimate of drug-likeness (QED) is 0.210. The van der Waals surface area contributed by atoms with Crippen LogP contribution in [0.25, 0.3) is 22.4 Å². The molecule has 4 aromatic rings. The van der Waals surface area contributed by atoms with Crippen LogP contribution in [0.5, 0.6) is 11.5 Å². The fourth-order valence-electron chi connectivity index (χ4n) is 5.32. The number of hydrogen-bond acceptors (Lipinski definition) is 7. The number of benzene rings is 2. The number of aromatic nitrogens is 2. The number of alkyl halides is 3. The van der Waals surface area contributed by atoms with Crippen LogP contribution in [-0.2, 0) is 22.0 Å². The Morgan fingerprint density at radius 3 is 2.49 bits per heavy atom. The zero-order chi connectivity index (χ0) is 33.7. The third-order valence-electron chi connectivity index (χ3n) is 8.36. The number of fused-ring (bicyclic) bond motifs is 1. The number of primary amides is 1. The molecule has 13 heteroatoms. The Bertz CT molecular complexity index is 1880. The highest BCUT2D eigenvalue weighted by Gasteiger charge is 2.45. The molecule has 2 aromatic carbocycles. The van der Waals surface area contributed by atoms with Gasteiger partial charge in [0.05, 0.1) is 23.9 Å². The van der Waals surface area contributed by atoms with Crippen molar-refractivity contribution in [2.24, 2.45) is 5.73 Å². The molecule has 0 saturated heterocycles. The fourth-order valence-corrected chi connectivity index (χ4v) is 5.32. The molecule has 2 aromatic heterocycles. The third-order valence-corrected chi connectivity index (χ3v) is 8.36. The van der Waals surface area contributed by atoms with Crippen LogP contribution in [0.15, 0.2) is 67.0 Å². The highest BCUT2D eigenvalue weighted by atomic mass is 19.4. The smallest absolute Gasteiger partial charge is 0.418 e. The van der Waals surface area contributed by atoms with E-state index >= 15 is 0 Å². The second kappa shape index (κ2) is 11.6. The van der Waals surface area contributed by atoms with E-state index in [1.807, 2.05) is 0 Å². The first-order valence-electron chi connectivity index (χ1n) is 14.7. The number of ether oxygens (including phenoxy) is 2. The van der Waals surface area contributed by atoms with Crippen molar-refractivity contribution in [1.82, 2.24) is 15.3 Å². The van der Waals surface area contributed by atoms with Gasteiger partial charge in [-0.05, 0) is 81.3 Å². The largest absolute Gasteiger partial charge is 0.490 e. The number of aliphatic hydroxyl groups is 1. The Balaban J connectivity index is 1.30. The summed E-state index contributed by atoms with van der Waals surface area (Å²) in [4.78, 5) is 34.0. The van der Waals surface area contributed by atoms with Crippen LogP contribution in [0.1, 0.15) is 53.9 Å². The van der Waals surface area contributed by atoms with Gasteiger partial charge in [0, 0.05) is 40.2 Å². The van der Waals surface area contributed by atoms with Crippen LogP contribution in [0.2, 0.25) is 0 Å². The SMILES string of the molecule is C[C@](O)(CNC(=O)c1ccc(-c2ccncc2C(F)(F)F)c(OC2CC2)c1)c1cc2c(c(-c3ccc(F)cc3)n1)OC[C@]2(C)C(N)=O. The number of pyridine rings is 2. The van der Waals surface area contributed by atoms with Gasteiger partial charge in [-0.2, -0.15) is 13.2 Å². The summed E-state index contributed by atoms with van der Waals surface area (Å²) in [5.74, 6) is -1.38. The van der Waals surface area contributed by atoms with E-state index in [9.17, 15) is 32.3 Å². The zero-order valence-corrected chi connectivity index (χ0v) is 25.3. The van der Waals surface area contributed by atoms with E-state index in [1.54, 1.807) is 6.92 Å². The van der Waals surface area contributed by atoms with Crippen molar-refractivity contribution in [2.75, 3.05) is 13.2 Å². The minimum absolute atomic E-state index is 0.0684. The van der Waals surface area contributed by atoms with Crippen molar-refractivity contribution in [3.63, 3.8) is 0 Å². The molecule has 1 saturated carbocycles. The van der Waals surface area contributed by atoms with Crippen molar-refractivity contribution in [1.29, 1.82) is 0 Å². The average molecular weight is 651 g/mol. The first-order chi connectivity index (χ1) is 22.2. The van der Waals surface area contributed by atoms with Gasteiger partial charge in [0.25, 0.3) is 5.91 Å². The first kappa shape index (κ1) is 31.9. The minimum Gasteiger partial charge on any atom is -0.490 e. The van der Waals surface area contributed by atoms with E-state index in [-0.39, 0.29) is 58.8 Å². The lowest BCUT2D eigenvalue weighted by atomic mass is 9.82. The molecule has 4 N–H and O–H groups in total. The number of halogens is 4. The molecule has 0 bridgehead atoms. The monoisotopic (exact) mass is 650 g/mol. The first-order valence-corrected chi connectivity index (χ1v) is 14.7. The molecule has 0 spiro atoms. The second-order valence-electron chi connectivity index (χ2n) is 12.1. The summed E-state index contributed by atoms with van der Waals surface area (Å²) in [6.07, 6.45) is -1.39. The molecule has 3 heterocycles. The number of nitrogens with zero attached hydrogens (tertiary/aromatic N) is 2. The minimum atomic E-state index is -4.66. The van der Waals surface area contributed by atoms with Gasteiger partial charge in [-0.3, -0.25) is 14.6 Å². The maximum atomic E-state index is 13.8. The van der Waals surface area contributed by atoms with E-state index in [1.165, 1.54) is 67.7 Å². The van der Waals surface area contributed by atoms with Gasteiger partial charge in [0.2, 0.25) is 5.91 Å². The maximum Gasteiger partial charge on any atom is 0.418 e. The van der Waals surface area contributed by atoms with Gasteiger partial charge < -0.3 is 25.6 Å². The lowest BCUT2D eigenvalue weighted by molar-refractivity contribution is -0.137. The molecule has 2 aliphatic rings. The van der Waals surface area contributed by atoms with Gasteiger partial charge >= 0.3 is 6.18 Å². The van der Waals surface area contributed by atoms with Crippen molar-refractivity contribution >= 4 is 11.8 Å². The summed E-state index contributed by atoms with van der Waals surface area (Å²) in [5, 5.41) is 14.2. The van der Waals surface area contributed by atoms with Gasteiger partial charge in [0.15, 0.2) is 0 Å². The van der Waals surface area contributed by atoms with Crippen molar-refractivity contribution in [3.05, 3.63) is 95.2 Å². The number of carbonyl (C=O) groups excluding carboxylic acids is 2. The molecule has 6 rings (SSSR count). The Labute approximate surface area is 266 Å². The summed E-state index contributed by atoms with van der Waals surface area (Å²) in [7, 11) is 0. The third kappa shape index (κ3) is 6.22. The number of hydrogen-bond donors (Lipinski definition) is 3. The fraction of sp³-hybridized carbons (Fsp3) is 0.294. The second-order valence-corrected chi connectivity index (χ2v) is 12.1. The van der Waals surface area contributed by atoms with Crippen LogP contribution < -0.4 is 20.5 Å². The molecule has 1 aliphatic carbocycles. The summed E-state index contributed by atoms with van der Waals surface area (Å²) in [6, 6.07) is 12.3. The van der Waals surface area contributed by atoms with Crippen molar-refractivity contribution < 1.29 is 41.7 Å². The highest BCUT2D eigenvalue weighted by Crippen LogP contribution is 2.46. The number of carbonyl (C=O) groups is 2. The molecule has 2 atom stereocenters. The van der Waals surface area contributed by atoms with Crippen LogP contribution in [0, 0.1) is 5.82 Å². The van der Waals surface area contributed by atoms with Gasteiger partial charge in [0.1, 0.15) is 40.6 Å². The molecule has 0 unspecified atom stereocenters. The lowest BCUT2D eigenvalue weighted by Crippen LogP contribution is -2.41. The Morgan fingerprint density at radius 2 is 1.83 bits per heavy atom. The molecule has 47 heavy (non-hydrogen) atoms. The van der Waals surface area contributed by atoms with E-state index < -0.39 is 40.4 Å². The van der Waals surface area contributed by atoms with Gasteiger partial charge in [-0.1, -0.05) is 0 Å². The summed E-state index contributed by atoms with van der Waals surface area (Å²) in [6.45, 7) is 2.60. The predicted molar refractivity (Wildman–Crippen MR) is 162 cm³/mol. The van der Waals surface area contributed by atoms with E-state index in [0.29, 0.717) is 11.1 Å². The Kier molecular flexibility index (Phi) is 7.91. The normalized spacial score (nSPS) is 18.5. The molecule has 2 amide bonds. The zero-order valence-electron chi connectivity index (χ0n) is 25.3. The molecule has 1 aliphatic heterocycles. The molecule has 244 valence electrons. The van der Waals surface area contributed by atoms with Gasteiger partial charge in [-0.25, -0.2) is 9.37 Å². The average Bonchev–Trinajstić information content (AvgIpc) is 3.79. The lowest BCUT2D eigenvalue weighted by Gasteiger charge is -2.26. The van der Waals surface area contributed by atoms with Crippen LogP contribution in [-0.4, -0.2) is 46.1 Å². The molecule has 9 nitrogen and oxygen atoms in total. The van der Waals surface area contributed by atoms with Crippen molar-refractivity contribution in [3.8, 4) is 33.9 Å². The van der Waals surface area contributed by atoms with Crippen LogP contribution in [0.4, 0.5) is 17.6 Å². The highest BCUT2D eigenvalue weighted by molar-refractivity contribution is 5.96. The Hall–Kier alpha value is -5.04. The van der Waals surface area contributed by atoms with Crippen molar-refractivity contribution in [2.45, 2.75) is 50.0 Å². The maximum absolute atomic E-state index is 13.8. The number of nitrogens with two attached hydrogens (primary N) is 1. The van der Waals surface area contributed by atoms with E-state index in [4.69, 9.17) is 15.2 Å². The standard InChI is InChI=1S/C34H30F4N4O5/c1-32(31(39)44)17-46-29-24(32)14-27(42-28(29)18-3-6-20(35)7-4-18)33(2,45)16-41-30(43)19-5-10-23(26(13-19)47-21-8-9-21)22-11-12-40-15-25(22)34(36,37)38/h3-7,10-15,21,45H,8-9,16-17H2,1-2H3,(H2,39,44)(H,41,43)/t32-,33-/m0/s1. The number of rotatable bonds is 9. The molecular formula is C34H30F4N4O5. The van der Waals surface area contributed by atoms with Crippen LogP contribution >= 0.6 is 0 Å². The van der Waals surface area contributed by atoms with E-state index in [2.05, 4.69) is 15.3 Å². The summed E-state index contributed by atoms with van der Waals surface area (Å²) < 4.78 is 66.8. The number of nitrogens with one attached hydrogen (secondary N) is 1. The van der Waals surface area contributed by atoms with Crippen LogP contribution in [0.3, 0.4) is 0 Å². The topological polar surface area (TPSA) is 137 Å². The Morgan fingerprint density at radius 1 is 1.11 bits per heavy atom. The molecular weight excluding hydrogens is 620 g/mol. The molecule has 1 fully saturated rings. The van der Waals surface area contributed by atoms with E-state index in [0.717, 1.165) is 19.0 Å².